The molecule has 0 saturated carbocycles. The van der Waals surface area contributed by atoms with E-state index >= 15 is 0 Å². The first-order chi connectivity index (χ1) is 5.92. The van der Waals surface area contributed by atoms with Gasteiger partial charge >= 0.3 is 0 Å². The lowest BCUT2D eigenvalue weighted by molar-refractivity contribution is 0.797. The monoisotopic (exact) mass is 163 g/mol. The molecule has 0 aliphatic carbocycles. The first-order valence-corrected chi connectivity index (χ1v) is 4.35. The molecule has 0 fully saturated rings. The number of nitrogens with one attached hydrogen (secondary N) is 1. The lowest BCUT2D eigenvalue weighted by atomic mass is 10.3. The van der Waals surface area contributed by atoms with Gasteiger partial charge in [0.1, 0.15) is 0 Å². The smallest absolute Gasteiger partial charge is 0.152 e. The molecule has 0 aromatic carbocycles. The lowest BCUT2D eigenvalue weighted by Crippen LogP contribution is -2.34. The zero-order valence-corrected chi connectivity index (χ0v) is 7.25. The Labute approximate surface area is 72.4 Å². The van der Waals surface area contributed by atoms with Gasteiger partial charge in [0.15, 0.2) is 5.82 Å². The highest BCUT2D eigenvalue weighted by atomic mass is 15.2. The minimum absolute atomic E-state index is 1.02. The fraction of sp³-hybridized carbons (Fsp3) is 0.444. The van der Waals surface area contributed by atoms with Crippen LogP contribution in [0, 0.1) is 0 Å². The maximum absolute atomic E-state index is 4.33. The first kappa shape index (κ1) is 7.40. The Morgan fingerprint density at radius 3 is 3.42 bits per heavy atom. The average Bonchev–Trinajstić information content (AvgIpc) is 2.17. The van der Waals surface area contributed by atoms with Crippen LogP contribution in [0.2, 0.25) is 0 Å². The van der Waals surface area contributed by atoms with E-state index in [4.69, 9.17) is 0 Å². The van der Waals surface area contributed by atoms with Crippen molar-refractivity contribution in [1.29, 1.82) is 0 Å². The second-order valence-corrected chi connectivity index (χ2v) is 2.88. The molecule has 0 atom stereocenters. The minimum Gasteiger partial charge on any atom is -0.380 e. The molecule has 1 N–H and O–H groups in total. The van der Waals surface area contributed by atoms with Crippen molar-refractivity contribution in [3.05, 3.63) is 18.3 Å². The molecule has 2 heterocycles. The average molecular weight is 163 g/mol. The molecule has 3 nitrogen and oxygen atoms in total. The van der Waals surface area contributed by atoms with Crippen molar-refractivity contribution in [3.63, 3.8) is 0 Å². The largest absolute Gasteiger partial charge is 0.380 e. The standard InChI is InChI=1S/C9H13N3/c1-2-12-7-6-10-8-4-3-5-11-9(8)12/h3-5,10H,2,6-7H2,1H3. The van der Waals surface area contributed by atoms with E-state index in [1.54, 1.807) is 0 Å². The third kappa shape index (κ3) is 1.11. The highest BCUT2D eigenvalue weighted by Gasteiger charge is 2.14. The van der Waals surface area contributed by atoms with Gasteiger partial charge in [0.2, 0.25) is 0 Å². The van der Waals surface area contributed by atoms with E-state index in [1.807, 2.05) is 12.3 Å². The summed E-state index contributed by atoms with van der Waals surface area (Å²) in [5.74, 6) is 1.09. The summed E-state index contributed by atoms with van der Waals surface area (Å²) >= 11 is 0. The maximum atomic E-state index is 4.33. The molecular formula is C9H13N3. The normalized spacial score (nSPS) is 15.2. The molecule has 0 amide bonds. The van der Waals surface area contributed by atoms with Crippen molar-refractivity contribution in [3.8, 4) is 0 Å². The Morgan fingerprint density at radius 1 is 1.67 bits per heavy atom. The lowest BCUT2D eigenvalue weighted by Gasteiger charge is -2.29. The Balaban J connectivity index is 2.37. The third-order valence-electron chi connectivity index (χ3n) is 2.17. The Bertz CT molecular complexity index is 272. The number of anilines is 2. The molecule has 0 spiro atoms. The van der Waals surface area contributed by atoms with Gasteiger partial charge in [-0.15, -0.1) is 0 Å². The van der Waals surface area contributed by atoms with Gasteiger partial charge in [0.05, 0.1) is 5.69 Å². The molecule has 3 heteroatoms. The number of aromatic nitrogens is 1. The van der Waals surface area contributed by atoms with Crippen molar-refractivity contribution in [2.24, 2.45) is 0 Å². The van der Waals surface area contributed by atoms with Gasteiger partial charge in [-0.05, 0) is 19.1 Å². The number of rotatable bonds is 1. The van der Waals surface area contributed by atoms with E-state index in [9.17, 15) is 0 Å². The van der Waals surface area contributed by atoms with Gasteiger partial charge in [-0.25, -0.2) is 4.98 Å². The molecule has 1 aromatic rings. The molecule has 2 rings (SSSR count). The number of nitrogens with zero attached hydrogens (tertiary/aromatic N) is 2. The van der Waals surface area contributed by atoms with E-state index in [-0.39, 0.29) is 0 Å². The quantitative estimate of drug-likeness (QED) is 0.677. The third-order valence-corrected chi connectivity index (χ3v) is 2.17. The number of fused-ring (bicyclic) bond motifs is 1. The van der Waals surface area contributed by atoms with Crippen LogP contribution in [-0.4, -0.2) is 24.6 Å². The van der Waals surface area contributed by atoms with Gasteiger partial charge in [-0.3, -0.25) is 0 Å². The number of likely N-dealkylation sites (N-methyl/N-ethyl adjacent to an activating group) is 1. The number of pyridine rings is 1. The number of hydrogen-bond acceptors (Lipinski definition) is 3. The summed E-state index contributed by atoms with van der Waals surface area (Å²) in [7, 11) is 0. The summed E-state index contributed by atoms with van der Waals surface area (Å²) < 4.78 is 0. The van der Waals surface area contributed by atoms with Crippen LogP contribution in [0.1, 0.15) is 6.92 Å². The van der Waals surface area contributed by atoms with Gasteiger partial charge in [0, 0.05) is 25.8 Å². The molecule has 0 radical (unpaired) electrons. The van der Waals surface area contributed by atoms with Gasteiger partial charge < -0.3 is 10.2 Å². The summed E-state index contributed by atoms with van der Waals surface area (Å²) in [6.45, 7) is 5.27. The summed E-state index contributed by atoms with van der Waals surface area (Å²) in [5, 5.41) is 3.32. The van der Waals surface area contributed by atoms with E-state index < -0.39 is 0 Å². The zero-order valence-electron chi connectivity index (χ0n) is 7.25. The minimum atomic E-state index is 1.02. The molecule has 0 unspecified atom stereocenters. The van der Waals surface area contributed by atoms with Crippen LogP contribution in [-0.2, 0) is 0 Å². The summed E-state index contributed by atoms with van der Waals surface area (Å²) in [5.41, 5.74) is 1.16. The van der Waals surface area contributed by atoms with Gasteiger partial charge in [0.25, 0.3) is 0 Å². The molecule has 0 bridgehead atoms. The van der Waals surface area contributed by atoms with Crippen molar-refractivity contribution in [2.75, 3.05) is 29.9 Å². The van der Waals surface area contributed by atoms with Gasteiger partial charge in [-0.2, -0.15) is 0 Å². The SMILES string of the molecule is CCN1CCNc2cccnc21. The highest BCUT2D eigenvalue weighted by Crippen LogP contribution is 2.24. The van der Waals surface area contributed by atoms with E-state index in [0.29, 0.717) is 0 Å². The first-order valence-electron chi connectivity index (χ1n) is 4.35. The highest BCUT2D eigenvalue weighted by molar-refractivity contribution is 5.67. The zero-order chi connectivity index (χ0) is 8.39. The van der Waals surface area contributed by atoms with Crippen LogP contribution in [0.4, 0.5) is 11.5 Å². The van der Waals surface area contributed by atoms with Crippen LogP contribution in [0.15, 0.2) is 18.3 Å². The fourth-order valence-electron chi connectivity index (χ4n) is 1.53. The Kier molecular flexibility index (Phi) is 1.86. The van der Waals surface area contributed by atoms with E-state index in [0.717, 1.165) is 31.1 Å². The molecule has 64 valence electrons. The van der Waals surface area contributed by atoms with Crippen LogP contribution in [0.5, 0.6) is 0 Å². The predicted octanol–water partition coefficient (Wildman–Crippen LogP) is 1.33. The molecule has 12 heavy (non-hydrogen) atoms. The predicted molar refractivity (Wildman–Crippen MR) is 50.6 cm³/mol. The van der Waals surface area contributed by atoms with E-state index in [1.165, 1.54) is 0 Å². The van der Waals surface area contributed by atoms with Gasteiger partial charge in [-0.1, -0.05) is 0 Å². The second-order valence-electron chi connectivity index (χ2n) is 2.88. The summed E-state index contributed by atoms with van der Waals surface area (Å²) in [4.78, 5) is 6.62. The van der Waals surface area contributed by atoms with Crippen molar-refractivity contribution in [1.82, 2.24) is 4.98 Å². The van der Waals surface area contributed by atoms with Crippen molar-refractivity contribution in [2.45, 2.75) is 6.92 Å². The number of hydrogen-bond donors (Lipinski definition) is 1. The van der Waals surface area contributed by atoms with E-state index in [2.05, 4.69) is 28.2 Å². The maximum Gasteiger partial charge on any atom is 0.152 e. The van der Waals surface area contributed by atoms with Crippen molar-refractivity contribution >= 4 is 11.5 Å². The molecular weight excluding hydrogens is 150 g/mol. The second kappa shape index (κ2) is 3.01. The molecule has 1 aliphatic heterocycles. The van der Waals surface area contributed by atoms with Crippen molar-refractivity contribution < 1.29 is 0 Å². The molecule has 1 aromatic heterocycles. The molecule has 1 aliphatic rings. The Hall–Kier alpha value is -1.25. The summed E-state index contributed by atoms with van der Waals surface area (Å²) in [6, 6.07) is 4.04. The van der Waals surface area contributed by atoms with Crippen LogP contribution >= 0.6 is 0 Å². The van der Waals surface area contributed by atoms with Crippen LogP contribution in [0.25, 0.3) is 0 Å². The summed E-state index contributed by atoms with van der Waals surface area (Å²) in [6.07, 6.45) is 1.84. The Morgan fingerprint density at radius 2 is 2.58 bits per heavy atom. The fourth-order valence-corrected chi connectivity index (χ4v) is 1.53. The van der Waals surface area contributed by atoms with Crippen LogP contribution in [0.3, 0.4) is 0 Å². The van der Waals surface area contributed by atoms with Crippen LogP contribution < -0.4 is 10.2 Å². The molecule has 0 saturated heterocycles. The topological polar surface area (TPSA) is 28.2 Å².